The van der Waals surface area contributed by atoms with Crippen molar-refractivity contribution in [3.63, 3.8) is 0 Å². The van der Waals surface area contributed by atoms with Gasteiger partial charge in [0, 0.05) is 35.4 Å². The predicted molar refractivity (Wildman–Crippen MR) is 90.7 cm³/mol. The first-order valence-corrected chi connectivity index (χ1v) is 8.65. The van der Waals surface area contributed by atoms with Crippen LogP contribution in [0.5, 0.6) is 0 Å². The molecule has 0 amide bonds. The van der Waals surface area contributed by atoms with Crippen molar-refractivity contribution in [1.82, 2.24) is 10.2 Å². The quantitative estimate of drug-likeness (QED) is 0.800. The van der Waals surface area contributed by atoms with E-state index in [2.05, 4.69) is 59.7 Å². The second-order valence-corrected chi connectivity index (χ2v) is 7.25. The highest BCUT2D eigenvalue weighted by Crippen LogP contribution is 2.22. The van der Waals surface area contributed by atoms with Gasteiger partial charge >= 0.3 is 0 Å². The molecule has 0 unspecified atom stereocenters. The van der Waals surface area contributed by atoms with Crippen molar-refractivity contribution in [3.05, 3.63) is 57.8 Å². The Morgan fingerprint density at radius 3 is 2.62 bits per heavy atom. The number of thiophene rings is 1. The average Bonchev–Trinajstić information content (AvgIpc) is 3.24. The topological polar surface area (TPSA) is 15.3 Å². The van der Waals surface area contributed by atoms with Crippen molar-refractivity contribution in [2.24, 2.45) is 0 Å². The van der Waals surface area contributed by atoms with E-state index in [0.29, 0.717) is 0 Å². The average molecular weight is 300 g/mol. The van der Waals surface area contributed by atoms with Crippen LogP contribution in [0, 0.1) is 0 Å². The van der Waals surface area contributed by atoms with E-state index in [1.807, 2.05) is 11.3 Å². The lowest BCUT2D eigenvalue weighted by Crippen LogP contribution is -2.20. The van der Waals surface area contributed by atoms with E-state index in [0.717, 1.165) is 32.1 Å². The molecule has 2 aromatic rings. The lowest BCUT2D eigenvalue weighted by atomic mass is 10.1. The van der Waals surface area contributed by atoms with Crippen LogP contribution in [0.2, 0.25) is 0 Å². The molecule has 0 saturated heterocycles. The van der Waals surface area contributed by atoms with E-state index in [9.17, 15) is 0 Å². The van der Waals surface area contributed by atoms with Crippen molar-refractivity contribution in [2.75, 3.05) is 13.6 Å². The molecule has 1 aliphatic carbocycles. The van der Waals surface area contributed by atoms with E-state index < -0.39 is 0 Å². The molecule has 1 aliphatic rings. The molecule has 1 saturated carbocycles. The fourth-order valence-electron chi connectivity index (χ4n) is 2.44. The Labute approximate surface area is 131 Å². The number of hydrogen-bond acceptors (Lipinski definition) is 3. The molecule has 1 aromatic heterocycles. The predicted octanol–water partition coefficient (Wildman–Crippen LogP) is 3.67. The largest absolute Gasteiger partial charge is 0.309 e. The first-order chi connectivity index (χ1) is 10.3. The molecule has 0 aliphatic heterocycles. The molecule has 1 N–H and O–H groups in total. The van der Waals surface area contributed by atoms with Crippen LogP contribution in [-0.4, -0.2) is 24.5 Å². The van der Waals surface area contributed by atoms with Crippen molar-refractivity contribution >= 4 is 11.3 Å². The van der Waals surface area contributed by atoms with Gasteiger partial charge < -0.3 is 10.2 Å². The summed E-state index contributed by atoms with van der Waals surface area (Å²) in [6.45, 7) is 3.21. The van der Waals surface area contributed by atoms with Crippen LogP contribution in [0.3, 0.4) is 0 Å². The summed E-state index contributed by atoms with van der Waals surface area (Å²) in [5, 5.41) is 3.58. The van der Waals surface area contributed by atoms with Crippen molar-refractivity contribution in [3.8, 4) is 0 Å². The minimum absolute atomic E-state index is 0.795. The number of hydrogen-bond donors (Lipinski definition) is 1. The third-order valence-corrected chi connectivity index (χ3v) is 4.98. The van der Waals surface area contributed by atoms with Gasteiger partial charge in [-0.05, 0) is 44.0 Å². The smallest absolute Gasteiger partial charge is 0.0325 e. The first kappa shape index (κ1) is 14.8. The summed E-state index contributed by atoms with van der Waals surface area (Å²) < 4.78 is 0. The van der Waals surface area contributed by atoms with Crippen molar-refractivity contribution in [2.45, 2.75) is 38.4 Å². The summed E-state index contributed by atoms with van der Waals surface area (Å²) in [5.74, 6) is 0. The lowest BCUT2D eigenvalue weighted by Gasteiger charge is -2.15. The van der Waals surface area contributed by atoms with Gasteiger partial charge in [-0.2, -0.15) is 0 Å². The molecule has 1 heterocycles. The summed E-state index contributed by atoms with van der Waals surface area (Å²) in [4.78, 5) is 5.35. The number of nitrogens with one attached hydrogen (secondary N) is 1. The van der Waals surface area contributed by atoms with Gasteiger partial charge in [-0.1, -0.05) is 30.3 Å². The Bertz CT molecular complexity index is 545. The van der Waals surface area contributed by atoms with Crippen LogP contribution in [0.15, 0.2) is 42.5 Å². The van der Waals surface area contributed by atoms with Crippen LogP contribution >= 0.6 is 11.3 Å². The summed E-state index contributed by atoms with van der Waals surface area (Å²) in [5.41, 5.74) is 1.42. The number of likely N-dealkylation sites (N-methyl/N-ethyl adjacent to an activating group) is 1. The van der Waals surface area contributed by atoms with E-state index in [1.54, 1.807) is 0 Å². The molecule has 0 radical (unpaired) electrons. The molecule has 0 bridgehead atoms. The zero-order valence-corrected chi connectivity index (χ0v) is 13.5. The minimum Gasteiger partial charge on any atom is -0.309 e. The monoisotopic (exact) mass is 300 g/mol. The fraction of sp³-hybridized carbons (Fsp3) is 0.444. The first-order valence-electron chi connectivity index (χ1n) is 7.83. The van der Waals surface area contributed by atoms with Crippen molar-refractivity contribution < 1.29 is 0 Å². The van der Waals surface area contributed by atoms with Crippen LogP contribution in [0.1, 0.15) is 28.2 Å². The zero-order chi connectivity index (χ0) is 14.5. The number of rotatable bonds is 8. The molecule has 0 spiro atoms. The maximum atomic E-state index is 3.58. The molecular formula is C18H24N2S. The van der Waals surface area contributed by atoms with Gasteiger partial charge in [0.15, 0.2) is 0 Å². The lowest BCUT2D eigenvalue weighted by molar-refractivity contribution is 0.334. The molecule has 2 nitrogen and oxygen atoms in total. The zero-order valence-electron chi connectivity index (χ0n) is 12.7. The van der Waals surface area contributed by atoms with E-state index in [4.69, 9.17) is 0 Å². The van der Waals surface area contributed by atoms with E-state index in [-0.39, 0.29) is 0 Å². The minimum atomic E-state index is 0.795. The van der Waals surface area contributed by atoms with Gasteiger partial charge in [-0.3, -0.25) is 0 Å². The van der Waals surface area contributed by atoms with Crippen LogP contribution in [0.25, 0.3) is 0 Å². The Kier molecular flexibility index (Phi) is 5.07. The third kappa shape index (κ3) is 4.95. The van der Waals surface area contributed by atoms with E-state index in [1.165, 1.54) is 28.2 Å². The molecule has 3 rings (SSSR count). The summed E-state index contributed by atoms with van der Waals surface area (Å²) in [6, 6.07) is 16.1. The molecule has 3 heteroatoms. The number of benzene rings is 1. The molecule has 0 atom stereocenters. The second-order valence-electron chi connectivity index (χ2n) is 6.00. The Morgan fingerprint density at radius 2 is 1.86 bits per heavy atom. The van der Waals surface area contributed by atoms with Crippen LogP contribution < -0.4 is 5.32 Å². The molecule has 1 aromatic carbocycles. The normalized spacial score (nSPS) is 14.8. The van der Waals surface area contributed by atoms with Crippen LogP contribution in [0.4, 0.5) is 0 Å². The molecule has 1 fully saturated rings. The van der Waals surface area contributed by atoms with Gasteiger partial charge in [0.05, 0.1) is 0 Å². The summed E-state index contributed by atoms with van der Waals surface area (Å²) in [7, 11) is 2.21. The molecule has 112 valence electrons. The number of nitrogens with zero attached hydrogens (tertiary/aromatic N) is 1. The Balaban J connectivity index is 1.42. The highest BCUT2D eigenvalue weighted by atomic mass is 32.1. The molecule has 21 heavy (non-hydrogen) atoms. The summed E-state index contributed by atoms with van der Waals surface area (Å²) >= 11 is 1.95. The van der Waals surface area contributed by atoms with Gasteiger partial charge in [0.1, 0.15) is 0 Å². The highest BCUT2D eigenvalue weighted by Gasteiger charge is 2.20. The van der Waals surface area contributed by atoms with Gasteiger partial charge in [-0.25, -0.2) is 0 Å². The standard InChI is InChI=1S/C18H24N2S/c1-20(12-11-15-5-3-2-4-6-15)14-18-10-9-17(21-18)13-19-16-7-8-16/h2-6,9-10,16,19H,7-8,11-14H2,1H3. The second kappa shape index (κ2) is 7.21. The van der Waals surface area contributed by atoms with Crippen molar-refractivity contribution in [1.29, 1.82) is 0 Å². The maximum Gasteiger partial charge on any atom is 0.0325 e. The highest BCUT2D eigenvalue weighted by molar-refractivity contribution is 7.11. The SMILES string of the molecule is CN(CCc1ccccc1)Cc1ccc(CNC2CC2)s1. The van der Waals surface area contributed by atoms with Gasteiger partial charge in [0.25, 0.3) is 0 Å². The van der Waals surface area contributed by atoms with Crippen LogP contribution in [-0.2, 0) is 19.5 Å². The molecular weight excluding hydrogens is 276 g/mol. The fourth-order valence-corrected chi connectivity index (χ4v) is 3.49. The third-order valence-electron chi connectivity index (χ3n) is 3.91. The Hall–Kier alpha value is -1.16. The Morgan fingerprint density at radius 1 is 1.10 bits per heavy atom. The maximum absolute atomic E-state index is 3.58. The van der Waals surface area contributed by atoms with E-state index >= 15 is 0 Å². The van der Waals surface area contributed by atoms with Gasteiger partial charge in [0.2, 0.25) is 0 Å². The summed E-state index contributed by atoms with van der Waals surface area (Å²) in [6.07, 6.45) is 3.85. The van der Waals surface area contributed by atoms with Gasteiger partial charge in [-0.15, -0.1) is 11.3 Å².